The lowest BCUT2D eigenvalue weighted by atomic mass is 10.2. The van der Waals surface area contributed by atoms with Gasteiger partial charge in [0.1, 0.15) is 0 Å². The highest BCUT2D eigenvalue weighted by molar-refractivity contribution is 7.89. The molecule has 104 valence electrons. The molecule has 1 aromatic rings. The Morgan fingerprint density at radius 2 is 2.00 bits per heavy atom. The molecule has 0 amide bonds. The molecule has 1 aliphatic heterocycles. The predicted octanol–water partition coefficient (Wildman–Crippen LogP) is 0.794. The Balaban J connectivity index is 2.30. The van der Waals surface area contributed by atoms with E-state index in [1.165, 1.54) is 28.6 Å². The summed E-state index contributed by atoms with van der Waals surface area (Å²) in [4.78, 5) is 10.8. The Morgan fingerprint density at radius 3 is 2.53 bits per heavy atom. The van der Waals surface area contributed by atoms with Gasteiger partial charge in [0.05, 0.1) is 23.7 Å². The number of sulfonamides is 1. The Kier molecular flexibility index (Phi) is 3.88. The first-order valence-corrected chi connectivity index (χ1v) is 7.30. The number of ether oxygens (including phenoxy) is 1. The standard InChI is InChI=1S/C12H15NO5S/c1-9-8-18-7-6-13(9)19(16,17)11-4-2-10(3-5-11)12(14)15/h2-5,9H,6-8H2,1H3,(H,14,15)/t9-/m1/s1. The molecule has 1 aromatic carbocycles. The minimum absolute atomic E-state index is 0.0639. The summed E-state index contributed by atoms with van der Waals surface area (Å²) >= 11 is 0. The van der Waals surface area contributed by atoms with Crippen molar-refractivity contribution in [1.82, 2.24) is 4.31 Å². The van der Waals surface area contributed by atoms with Crippen molar-refractivity contribution in [1.29, 1.82) is 0 Å². The molecule has 1 atom stereocenters. The number of hydrogen-bond acceptors (Lipinski definition) is 4. The van der Waals surface area contributed by atoms with Crippen LogP contribution in [0.4, 0.5) is 0 Å². The zero-order valence-corrected chi connectivity index (χ0v) is 11.3. The lowest BCUT2D eigenvalue weighted by Crippen LogP contribution is -2.46. The number of benzene rings is 1. The Bertz CT molecular complexity index is 566. The van der Waals surface area contributed by atoms with Crippen LogP contribution in [0, 0.1) is 0 Å². The maximum absolute atomic E-state index is 12.4. The third-order valence-electron chi connectivity index (χ3n) is 3.01. The van der Waals surface area contributed by atoms with E-state index in [0.29, 0.717) is 19.8 Å². The van der Waals surface area contributed by atoms with Crippen LogP contribution < -0.4 is 0 Å². The van der Waals surface area contributed by atoms with Crippen LogP contribution in [0.5, 0.6) is 0 Å². The van der Waals surface area contributed by atoms with Crippen molar-refractivity contribution in [3.8, 4) is 0 Å². The second-order valence-electron chi connectivity index (χ2n) is 4.37. The SMILES string of the molecule is C[C@@H]1COCCN1S(=O)(=O)c1ccc(C(=O)O)cc1. The minimum Gasteiger partial charge on any atom is -0.478 e. The minimum atomic E-state index is -3.59. The fourth-order valence-corrected chi connectivity index (χ4v) is 3.57. The van der Waals surface area contributed by atoms with Crippen LogP contribution in [-0.2, 0) is 14.8 Å². The van der Waals surface area contributed by atoms with Crippen molar-refractivity contribution in [3.63, 3.8) is 0 Å². The van der Waals surface area contributed by atoms with E-state index < -0.39 is 16.0 Å². The van der Waals surface area contributed by atoms with Gasteiger partial charge in [-0.3, -0.25) is 0 Å². The molecule has 2 rings (SSSR count). The van der Waals surface area contributed by atoms with Crippen LogP contribution >= 0.6 is 0 Å². The summed E-state index contributed by atoms with van der Waals surface area (Å²) in [7, 11) is -3.59. The van der Waals surface area contributed by atoms with E-state index in [0.717, 1.165) is 0 Å². The number of carboxylic acids is 1. The summed E-state index contributed by atoms with van der Waals surface area (Å²) in [6.07, 6.45) is 0. The second-order valence-corrected chi connectivity index (χ2v) is 6.26. The number of aromatic carboxylic acids is 1. The zero-order chi connectivity index (χ0) is 14.0. The third-order valence-corrected chi connectivity index (χ3v) is 5.04. The van der Waals surface area contributed by atoms with Gasteiger partial charge in [0.15, 0.2) is 0 Å². The Morgan fingerprint density at radius 1 is 1.37 bits per heavy atom. The Hall–Kier alpha value is -1.44. The lowest BCUT2D eigenvalue weighted by Gasteiger charge is -2.32. The van der Waals surface area contributed by atoms with Gasteiger partial charge < -0.3 is 9.84 Å². The van der Waals surface area contributed by atoms with Crippen LogP contribution in [0.3, 0.4) is 0 Å². The van der Waals surface area contributed by atoms with Crippen molar-refractivity contribution in [2.24, 2.45) is 0 Å². The lowest BCUT2D eigenvalue weighted by molar-refractivity contribution is 0.0393. The van der Waals surface area contributed by atoms with Gasteiger partial charge in [-0.1, -0.05) is 0 Å². The van der Waals surface area contributed by atoms with E-state index in [1.54, 1.807) is 6.92 Å². The molecule has 19 heavy (non-hydrogen) atoms. The molecular weight excluding hydrogens is 270 g/mol. The van der Waals surface area contributed by atoms with Gasteiger partial charge in [-0.15, -0.1) is 0 Å². The van der Waals surface area contributed by atoms with Gasteiger partial charge in [-0.2, -0.15) is 4.31 Å². The molecule has 1 heterocycles. The third kappa shape index (κ3) is 2.78. The van der Waals surface area contributed by atoms with Gasteiger partial charge in [0.2, 0.25) is 10.0 Å². The van der Waals surface area contributed by atoms with Gasteiger partial charge >= 0.3 is 5.97 Å². The molecule has 1 N–H and O–H groups in total. The summed E-state index contributed by atoms with van der Waals surface area (Å²) in [6.45, 7) is 2.83. The van der Waals surface area contributed by atoms with Crippen molar-refractivity contribution < 1.29 is 23.1 Å². The van der Waals surface area contributed by atoms with Crippen LogP contribution in [0.25, 0.3) is 0 Å². The molecular formula is C12H15NO5S. The predicted molar refractivity (Wildman–Crippen MR) is 67.6 cm³/mol. The van der Waals surface area contributed by atoms with Crippen molar-refractivity contribution in [2.75, 3.05) is 19.8 Å². The Labute approximate surface area is 111 Å². The summed E-state index contributed by atoms with van der Waals surface area (Å²) < 4.78 is 31.4. The van der Waals surface area contributed by atoms with Gasteiger partial charge in [-0.05, 0) is 31.2 Å². The number of nitrogens with zero attached hydrogens (tertiary/aromatic N) is 1. The van der Waals surface area contributed by atoms with Gasteiger partial charge in [0.25, 0.3) is 0 Å². The van der Waals surface area contributed by atoms with Crippen LogP contribution in [0.1, 0.15) is 17.3 Å². The topological polar surface area (TPSA) is 83.9 Å². The maximum atomic E-state index is 12.4. The first-order valence-electron chi connectivity index (χ1n) is 5.86. The molecule has 0 aliphatic carbocycles. The highest BCUT2D eigenvalue weighted by Crippen LogP contribution is 2.20. The molecule has 0 unspecified atom stereocenters. The molecule has 6 nitrogen and oxygen atoms in total. The molecule has 1 fully saturated rings. The van der Waals surface area contributed by atoms with Crippen molar-refractivity contribution in [3.05, 3.63) is 29.8 Å². The molecule has 1 aliphatic rings. The molecule has 0 spiro atoms. The maximum Gasteiger partial charge on any atom is 0.335 e. The van der Waals surface area contributed by atoms with Gasteiger partial charge in [-0.25, -0.2) is 13.2 Å². The summed E-state index contributed by atoms with van der Waals surface area (Å²) in [6, 6.07) is 5.00. The zero-order valence-electron chi connectivity index (χ0n) is 10.4. The number of carbonyl (C=O) groups is 1. The average Bonchev–Trinajstić information content (AvgIpc) is 2.39. The smallest absolute Gasteiger partial charge is 0.335 e. The first-order chi connectivity index (χ1) is 8.93. The average molecular weight is 285 g/mol. The van der Waals surface area contributed by atoms with Crippen LogP contribution in [-0.4, -0.2) is 49.6 Å². The highest BCUT2D eigenvalue weighted by atomic mass is 32.2. The number of rotatable bonds is 3. The fraction of sp³-hybridized carbons (Fsp3) is 0.417. The normalized spacial score (nSPS) is 21.2. The largest absolute Gasteiger partial charge is 0.478 e. The molecule has 1 saturated heterocycles. The van der Waals surface area contributed by atoms with E-state index in [4.69, 9.17) is 9.84 Å². The summed E-state index contributed by atoms with van der Waals surface area (Å²) in [5, 5.41) is 8.79. The first kappa shape index (κ1) is 14.0. The van der Waals surface area contributed by atoms with Crippen molar-refractivity contribution in [2.45, 2.75) is 17.9 Å². The number of hydrogen-bond donors (Lipinski definition) is 1. The van der Waals surface area contributed by atoms with Crippen LogP contribution in [0.15, 0.2) is 29.2 Å². The number of carboxylic acid groups (broad SMARTS) is 1. The number of morpholine rings is 1. The van der Waals surface area contributed by atoms with Crippen molar-refractivity contribution >= 4 is 16.0 Å². The van der Waals surface area contributed by atoms with E-state index in [2.05, 4.69) is 0 Å². The highest BCUT2D eigenvalue weighted by Gasteiger charge is 2.31. The van der Waals surface area contributed by atoms with Crippen LogP contribution in [0.2, 0.25) is 0 Å². The van der Waals surface area contributed by atoms with E-state index in [9.17, 15) is 13.2 Å². The quantitative estimate of drug-likeness (QED) is 0.887. The van der Waals surface area contributed by atoms with E-state index >= 15 is 0 Å². The molecule has 0 radical (unpaired) electrons. The fourth-order valence-electron chi connectivity index (χ4n) is 1.97. The van der Waals surface area contributed by atoms with E-state index in [1.807, 2.05) is 0 Å². The molecule has 0 aromatic heterocycles. The second kappa shape index (κ2) is 5.28. The molecule has 0 saturated carbocycles. The summed E-state index contributed by atoms with van der Waals surface area (Å²) in [5.41, 5.74) is 0.0639. The van der Waals surface area contributed by atoms with Gasteiger partial charge in [0, 0.05) is 12.6 Å². The molecule has 0 bridgehead atoms. The van der Waals surface area contributed by atoms with E-state index in [-0.39, 0.29) is 16.5 Å². The summed E-state index contributed by atoms with van der Waals surface area (Å²) in [5.74, 6) is -1.08. The monoisotopic (exact) mass is 285 g/mol. The molecule has 7 heteroatoms.